The summed E-state index contributed by atoms with van der Waals surface area (Å²) in [4.78, 5) is 12.1. The van der Waals surface area contributed by atoms with Crippen LogP contribution in [-0.2, 0) is 6.42 Å². The first-order valence-corrected chi connectivity index (χ1v) is 6.88. The Bertz CT molecular complexity index is 429. The summed E-state index contributed by atoms with van der Waals surface area (Å²) in [6.07, 6.45) is 4.40. The second-order valence-corrected chi connectivity index (χ2v) is 5.07. The molecule has 98 valence electrons. The molecule has 0 bridgehead atoms. The van der Waals surface area contributed by atoms with Crippen LogP contribution in [0.15, 0.2) is 18.2 Å². The molecule has 2 N–H and O–H groups in total. The van der Waals surface area contributed by atoms with Crippen LogP contribution < -0.4 is 10.6 Å². The number of nitrogens with one attached hydrogen (secondary N) is 2. The Balaban J connectivity index is 1.96. The Morgan fingerprint density at radius 3 is 3.11 bits per heavy atom. The summed E-state index contributed by atoms with van der Waals surface area (Å²) in [7, 11) is 0. The maximum Gasteiger partial charge on any atom is 0.251 e. The van der Waals surface area contributed by atoms with Gasteiger partial charge in [-0.05, 0) is 43.5 Å². The van der Waals surface area contributed by atoms with Crippen LogP contribution in [-0.4, -0.2) is 18.5 Å². The van der Waals surface area contributed by atoms with Gasteiger partial charge in [0.05, 0.1) is 0 Å². The van der Waals surface area contributed by atoms with Crippen LogP contribution >= 0.6 is 0 Å². The van der Waals surface area contributed by atoms with Crippen molar-refractivity contribution in [3.63, 3.8) is 0 Å². The summed E-state index contributed by atoms with van der Waals surface area (Å²) < 4.78 is 0. The third-order valence-corrected chi connectivity index (χ3v) is 3.45. The van der Waals surface area contributed by atoms with Crippen LogP contribution in [0, 0.1) is 0 Å². The molecule has 1 unspecified atom stereocenters. The van der Waals surface area contributed by atoms with E-state index in [1.165, 1.54) is 17.7 Å². The predicted molar refractivity (Wildman–Crippen MR) is 75.1 cm³/mol. The zero-order chi connectivity index (χ0) is 13.0. The number of rotatable bonds is 5. The van der Waals surface area contributed by atoms with Gasteiger partial charge in [-0.3, -0.25) is 4.79 Å². The van der Waals surface area contributed by atoms with E-state index in [9.17, 15) is 4.79 Å². The molecular formula is C15H22N2O. The van der Waals surface area contributed by atoms with Crippen molar-refractivity contribution in [2.45, 2.75) is 45.6 Å². The van der Waals surface area contributed by atoms with Gasteiger partial charge in [0.25, 0.3) is 5.91 Å². The smallest absolute Gasteiger partial charge is 0.251 e. The first-order chi connectivity index (χ1) is 8.70. The molecule has 0 saturated heterocycles. The number of unbranched alkanes of at least 4 members (excludes halogenated alkanes) is 1. The predicted octanol–water partition coefficient (Wildman–Crippen LogP) is 2.96. The number of amides is 1. The van der Waals surface area contributed by atoms with Crippen LogP contribution in [0.4, 0.5) is 5.69 Å². The number of carbonyl (C=O) groups is 1. The molecule has 0 aromatic heterocycles. The molecule has 3 heteroatoms. The zero-order valence-corrected chi connectivity index (χ0v) is 11.3. The summed E-state index contributed by atoms with van der Waals surface area (Å²) >= 11 is 0. The normalized spacial score (nSPS) is 14.8. The van der Waals surface area contributed by atoms with Crippen molar-refractivity contribution in [2.24, 2.45) is 0 Å². The number of hydrogen-bond donors (Lipinski definition) is 2. The van der Waals surface area contributed by atoms with E-state index in [-0.39, 0.29) is 11.9 Å². The standard InChI is InChI=1S/C15H22N2O/c1-3-4-5-11(2)17-15(18)13-6-7-14-12(10-13)8-9-16-14/h6-7,10-11,16H,3-5,8-9H2,1-2H3,(H,17,18). The summed E-state index contributed by atoms with van der Waals surface area (Å²) in [6, 6.07) is 6.17. The van der Waals surface area contributed by atoms with Crippen molar-refractivity contribution in [1.29, 1.82) is 0 Å². The summed E-state index contributed by atoms with van der Waals surface area (Å²) in [5, 5.41) is 6.37. The Labute approximate surface area is 109 Å². The van der Waals surface area contributed by atoms with Gasteiger partial charge in [-0.1, -0.05) is 19.8 Å². The topological polar surface area (TPSA) is 41.1 Å². The Hall–Kier alpha value is -1.51. The highest BCUT2D eigenvalue weighted by Gasteiger charge is 2.14. The summed E-state index contributed by atoms with van der Waals surface area (Å²) in [5.74, 6) is 0.0494. The van der Waals surface area contributed by atoms with E-state index < -0.39 is 0 Å². The van der Waals surface area contributed by atoms with Crippen molar-refractivity contribution in [1.82, 2.24) is 5.32 Å². The molecule has 0 aliphatic carbocycles. The number of hydrogen-bond acceptors (Lipinski definition) is 2. The number of fused-ring (bicyclic) bond motifs is 1. The SMILES string of the molecule is CCCCC(C)NC(=O)c1ccc2c(c1)CCN2. The number of anilines is 1. The molecule has 3 nitrogen and oxygen atoms in total. The molecule has 1 heterocycles. The molecule has 0 saturated carbocycles. The van der Waals surface area contributed by atoms with Gasteiger partial charge in [-0.15, -0.1) is 0 Å². The largest absolute Gasteiger partial charge is 0.384 e. The molecule has 18 heavy (non-hydrogen) atoms. The molecule has 0 fully saturated rings. The van der Waals surface area contributed by atoms with Crippen molar-refractivity contribution in [3.8, 4) is 0 Å². The van der Waals surface area contributed by atoms with Gasteiger partial charge in [0.15, 0.2) is 0 Å². The maximum absolute atomic E-state index is 12.1. The average molecular weight is 246 g/mol. The van der Waals surface area contributed by atoms with Crippen molar-refractivity contribution in [3.05, 3.63) is 29.3 Å². The highest BCUT2D eigenvalue weighted by Crippen LogP contribution is 2.22. The van der Waals surface area contributed by atoms with E-state index in [1.54, 1.807) is 0 Å². The van der Waals surface area contributed by atoms with Crippen LogP contribution in [0.2, 0.25) is 0 Å². The fourth-order valence-electron chi connectivity index (χ4n) is 2.34. The van der Waals surface area contributed by atoms with Gasteiger partial charge in [0.1, 0.15) is 0 Å². The molecule has 0 radical (unpaired) electrons. The molecule has 1 amide bonds. The Morgan fingerprint density at radius 2 is 2.33 bits per heavy atom. The highest BCUT2D eigenvalue weighted by atomic mass is 16.1. The minimum absolute atomic E-state index is 0.0494. The van der Waals surface area contributed by atoms with Gasteiger partial charge in [0.2, 0.25) is 0 Å². The van der Waals surface area contributed by atoms with Crippen LogP contribution in [0.1, 0.15) is 49.0 Å². The first kappa shape index (κ1) is 12.9. The lowest BCUT2D eigenvalue weighted by atomic mass is 10.1. The lowest BCUT2D eigenvalue weighted by molar-refractivity contribution is 0.0938. The molecule has 1 aliphatic rings. The van der Waals surface area contributed by atoms with Gasteiger partial charge in [-0.25, -0.2) is 0 Å². The molecule has 1 aliphatic heterocycles. The fraction of sp³-hybridized carbons (Fsp3) is 0.533. The van der Waals surface area contributed by atoms with E-state index in [2.05, 4.69) is 24.5 Å². The molecule has 1 aromatic carbocycles. The summed E-state index contributed by atoms with van der Waals surface area (Å²) in [6.45, 7) is 5.22. The van der Waals surface area contributed by atoms with Crippen LogP contribution in [0.25, 0.3) is 0 Å². The lowest BCUT2D eigenvalue weighted by Crippen LogP contribution is -2.32. The Morgan fingerprint density at radius 1 is 1.50 bits per heavy atom. The number of carbonyl (C=O) groups excluding carboxylic acids is 1. The van der Waals surface area contributed by atoms with E-state index in [0.717, 1.165) is 31.4 Å². The van der Waals surface area contributed by atoms with E-state index >= 15 is 0 Å². The van der Waals surface area contributed by atoms with Crippen molar-refractivity contribution >= 4 is 11.6 Å². The van der Waals surface area contributed by atoms with Crippen molar-refractivity contribution < 1.29 is 4.79 Å². The third kappa shape index (κ3) is 3.03. The van der Waals surface area contributed by atoms with E-state index in [4.69, 9.17) is 0 Å². The zero-order valence-electron chi connectivity index (χ0n) is 11.3. The molecular weight excluding hydrogens is 224 g/mol. The number of benzene rings is 1. The fourth-order valence-corrected chi connectivity index (χ4v) is 2.34. The van der Waals surface area contributed by atoms with Gasteiger partial charge in [-0.2, -0.15) is 0 Å². The van der Waals surface area contributed by atoms with Crippen molar-refractivity contribution in [2.75, 3.05) is 11.9 Å². The van der Waals surface area contributed by atoms with Crippen LogP contribution in [0.5, 0.6) is 0 Å². The minimum Gasteiger partial charge on any atom is -0.384 e. The monoisotopic (exact) mass is 246 g/mol. The summed E-state index contributed by atoms with van der Waals surface area (Å²) in [5.41, 5.74) is 3.20. The van der Waals surface area contributed by atoms with Crippen LogP contribution in [0.3, 0.4) is 0 Å². The average Bonchev–Trinajstić information content (AvgIpc) is 2.83. The van der Waals surface area contributed by atoms with E-state index in [0.29, 0.717) is 0 Å². The van der Waals surface area contributed by atoms with Gasteiger partial charge >= 0.3 is 0 Å². The highest BCUT2D eigenvalue weighted by molar-refractivity contribution is 5.95. The minimum atomic E-state index is 0.0494. The molecule has 1 aromatic rings. The second kappa shape index (κ2) is 5.89. The second-order valence-electron chi connectivity index (χ2n) is 5.07. The molecule has 0 spiro atoms. The third-order valence-electron chi connectivity index (χ3n) is 3.45. The van der Waals surface area contributed by atoms with E-state index in [1.807, 2.05) is 18.2 Å². The Kier molecular flexibility index (Phi) is 4.24. The molecule has 1 atom stereocenters. The molecule has 2 rings (SSSR count). The lowest BCUT2D eigenvalue weighted by Gasteiger charge is -2.13. The quantitative estimate of drug-likeness (QED) is 0.838. The maximum atomic E-state index is 12.1. The van der Waals surface area contributed by atoms with Gasteiger partial charge < -0.3 is 10.6 Å². The first-order valence-electron chi connectivity index (χ1n) is 6.88. The van der Waals surface area contributed by atoms with Gasteiger partial charge in [0, 0.05) is 23.8 Å².